The van der Waals surface area contributed by atoms with Crippen molar-refractivity contribution < 1.29 is 4.79 Å². The molecule has 1 N–H and O–H groups in total. The van der Waals surface area contributed by atoms with Crippen LogP contribution in [0.4, 0.5) is 5.82 Å². The van der Waals surface area contributed by atoms with Crippen LogP contribution in [0, 0.1) is 0 Å². The molecule has 3 heterocycles. The van der Waals surface area contributed by atoms with Crippen molar-refractivity contribution in [1.29, 1.82) is 0 Å². The Hall–Kier alpha value is -1.69. The summed E-state index contributed by atoms with van der Waals surface area (Å²) in [6, 6.07) is 0. The van der Waals surface area contributed by atoms with Crippen molar-refractivity contribution in [1.82, 2.24) is 14.8 Å². The van der Waals surface area contributed by atoms with Crippen LogP contribution in [0.3, 0.4) is 0 Å². The van der Waals surface area contributed by atoms with Crippen LogP contribution in [-0.4, -0.2) is 20.7 Å². The van der Waals surface area contributed by atoms with Crippen molar-refractivity contribution in [3.05, 3.63) is 26.8 Å². The molecule has 128 valence electrons. The van der Waals surface area contributed by atoms with Crippen LogP contribution in [0.25, 0.3) is 0 Å². The number of carbonyl (C=O) groups excluding carboxylic acids is 1. The number of aromatic nitrogens is 3. The zero-order chi connectivity index (χ0) is 17.1. The second-order valence-corrected chi connectivity index (χ2v) is 9.03. The van der Waals surface area contributed by atoms with Gasteiger partial charge in [-0.3, -0.25) is 9.48 Å². The smallest absolute Gasteiger partial charge is 0.226 e. The molecule has 0 bridgehead atoms. The van der Waals surface area contributed by atoms with Gasteiger partial charge in [0, 0.05) is 29.3 Å². The van der Waals surface area contributed by atoms with Gasteiger partial charge >= 0.3 is 0 Å². The Bertz CT molecular complexity index is 788. The van der Waals surface area contributed by atoms with E-state index in [1.165, 1.54) is 23.4 Å². The number of carbonyl (C=O) groups is 1. The van der Waals surface area contributed by atoms with Crippen molar-refractivity contribution >= 4 is 23.1 Å². The lowest BCUT2D eigenvalue weighted by Crippen LogP contribution is -2.26. The van der Waals surface area contributed by atoms with Crippen LogP contribution in [0.15, 0.2) is 0 Å². The highest BCUT2D eigenvalue weighted by Gasteiger charge is 2.38. The van der Waals surface area contributed by atoms with Crippen LogP contribution >= 0.6 is 11.3 Å². The molecule has 2 aliphatic rings. The van der Waals surface area contributed by atoms with E-state index < -0.39 is 0 Å². The first kappa shape index (κ1) is 15.8. The average molecular weight is 344 g/mol. The summed E-state index contributed by atoms with van der Waals surface area (Å²) in [5.41, 5.74) is 3.42. The zero-order valence-electron chi connectivity index (χ0n) is 14.8. The number of thiazole rings is 1. The Balaban J connectivity index is 1.86. The molecule has 0 aromatic carbocycles. The molecule has 0 saturated carbocycles. The van der Waals surface area contributed by atoms with Gasteiger partial charge in [-0.05, 0) is 25.7 Å². The van der Waals surface area contributed by atoms with Gasteiger partial charge in [0.15, 0.2) is 0 Å². The Kier molecular flexibility index (Phi) is 3.56. The van der Waals surface area contributed by atoms with E-state index in [-0.39, 0.29) is 17.2 Å². The molecule has 0 spiro atoms. The van der Waals surface area contributed by atoms with E-state index in [9.17, 15) is 4.79 Å². The van der Waals surface area contributed by atoms with E-state index in [1.54, 1.807) is 0 Å². The second kappa shape index (κ2) is 5.41. The van der Waals surface area contributed by atoms with E-state index in [2.05, 4.69) is 26.1 Å². The summed E-state index contributed by atoms with van der Waals surface area (Å²) in [5.74, 6) is 0.936. The van der Waals surface area contributed by atoms with Crippen molar-refractivity contribution in [2.24, 2.45) is 7.05 Å². The Morgan fingerprint density at radius 2 is 2.00 bits per heavy atom. The van der Waals surface area contributed by atoms with Gasteiger partial charge in [0.05, 0.1) is 17.3 Å². The molecule has 0 fully saturated rings. The van der Waals surface area contributed by atoms with E-state index in [0.717, 1.165) is 34.9 Å². The summed E-state index contributed by atoms with van der Waals surface area (Å²) in [6.45, 7) is 6.53. The number of fused-ring (bicyclic) bond motifs is 2. The van der Waals surface area contributed by atoms with Crippen LogP contribution in [-0.2, 0) is 30.1 Å². The summed E-state index contributed by atoms with van der Waals surface area (Å²) in [4.78, 5) is 18.7. The highest BCUT2D eigenvalue weighted by atomic mass is 32.1. The quantitative estimate of drug-likeness (QED) is 0.861. The number of hydrogen-bond donors (Lipinski definition) is 1. The fourth-order valence-electron chi connectivity index (χ4n) is 3.77. The monoisotopic (exact) mass is 344 g/mol. The normalized spacial score (nSPS) is 20.5. The third kappa shape index (κ3) is 2.48. The third-order valence-electron chi connectivity index (χ3n) is 4.95. The van der Waals surface area contributed by atoms with E-state index in [4.69, 9.17) is 10.1 Å². The SMILES string of the molecule is Cn1nc(C(C)(C)C)c2c1NC(=O)C[C@@H]2c1nc2c(s1)CCCC2. The topological polar surface area (TPSA) is 59.8 Å². The lowest BCUT2D eigenvalue weighted by atomic mass is 9.82. The second-order valence-electron chi connectivity index (χ2n) is 7.92. The molecular weight excluding hydrogens is 320 g/mol. The number of anilines is 1. The minimum atomic E-state index is -0.0669. The van der Waals surface area contributed by atoms with E-state index in [0.29, 0.717) is 6.42 Å². The maximum Gasteiger partial charge on any atom is 0.226 e. The summed E-state index contributed by atoms with van der Waals surface area (Å²) < 4.78 is 1.81. The van der Waals surface area contributed by atoms with Crippen LogP contribution in [0.2, 0.25) is 0 Å². The van der Waals surface area contributed by atoms with Gasteiger partial charge in [0.1, 0.15) is 10.8 Å². The lowest BCUT2D eigenvalue weighted by molar-refractivity contribution is -0.116. The van der Waals surface area contributed by atoms with Crippen molar-refractivity contribution in [2.45, 2.75) is 64.2 Å². The predicted molar refractivity (Wildman–Crippen MR) is 95.8 cm³/mol. The van der Waals surface area contributed by atoms with Gasteiger partial charge in [-0.2, -0.15) is 5.10 Å². The molecule has 0 unspecified atom stereocenters. The fraction of sp³-hybridized carbons (Fsp3) is 0.611. The molecule has 5 nitrogen and oxygen atoms in total. The van der Waals surface area contributed by atoms with Crippen LogP contribution < -0.4 is 5.32 Å². The maximum atomic E-state index is 12.3. The van der Waals surface area contributed by atoms with Gasteiger partial charge < -0.3 is 5.32 Å². The molecule has 4 rings (SSSR count). The molecular formula is C18H24N4OS. The number of nitrogens with zero attached hydrogens (tertiary/aromatic N) is 3. The largest absolute Gasteiger partial charge is 0.311 e. The first-order chi connectivity index (χ1) is 11.3. The number of nitrogens with one attached hydrogen (secondary N) is 1. The van der Waals surface area contributed by atoms with E-state index in [1.807, 2.05) is 23.1 Å². The molecule has 1 aliphatic carbocycles. The van der Waals surface area contributed by atoms with Crippen LogP contribution in [0.5, 0.6) is 0 Å². The number of rotatable bonds is 1. The first-order valence-electron chi connectivity index (χ1n) is 8.70. The van der Waals surface area contributed by atoms with Gasteiger partial charge in [-0.1, -0.05) is 20.8 Å². The van der Waals surface area contributed by atoms with Gasteiger partial charge in [0.25, 0.3) is 0 Å². The minimum absolute atomic E-state index is 0.0345. The summed E-state index contributed by atoms with van der Waals surface area (Å²) in [5, 5.41) is 8.85. The molecule has 2 aromatic heterocycles. The van der Waals surface area contributed by atoms with Gasteiger partial charge in [-0.15, -0.1) is 11.3 Å². The number of amides is 1. The molecule has 2 aromatic rings. The molecule has 1 amide bonds. The first-order valence-corrected chi connectivity index (χ1v) is 9.52. The fourth-order valence-corrected chi connectivity index (χ4v) is 5.04. The Labute approximate surface area is 146 Å². The molecule has 1 atom stereocenters. The van der Waals surface area contributed by atoms with Crippen LogP contribution in [0.1, 0.15) is 72.8 Å². The molecule has 0 radical (unpaired) electrons. The van der Waals surface area contributed by atoms with Crippen molar-refractivity contribution in [2.75, 3.05) is 5.32 Å². The highest BCUT2D eigenvalue weighted by Crippen LogP contribution is 2.44. The third-order valence-corrected chi connectivity index (χ3v) is 6.22. The summed E-state index contributed by atoms with van der Waals surface area (Å²) in [6.07, 6.45) is 5.17. The predicted octanol–water partition coefficient (Wildman–Crippen LogP) is 3.53. The Morgan fingerprint density at radius 1 is 1.25 bits per heavy atom. The minimum Gasteiger partial charge on any atom is -0.311 e. The molecule has 24 heavy (non-hydrogen) atoms. The Morgan fingerprint density at radius 3 is 2.71 bits per heavy atom. The molecule has 1 aliphatic heterocycles. The average Bonchev–Trinajstić information content (AvgIpc) is 3.08. The van der Waals surface area contributed by atoms with Crippen molar-refractivity contribution in [3.8, 4) is 0 Å². The van der Waals surface area contributed by atoms with Gasteiger partial charge in [0.2, 0.25) is 5.91 Å². The van der Waals surface area contributed by atoms with Crippen molar-refractivity contribution in [3.63, 3.8) is 0 Å². The van der Waals surface area contributed by atoms with E-state index >= 15 is 0 Å². The summed E-state index contributed by atoms with van der Waals surface area (Å²) in [7, 11) is 1.91. The summed E-state index contributed by atoms with van der Waals surface area (Å²) >= 11 is 1.81. The number of aryl methyl sites for hydroxylation is 3. The lowest BCUT2D eigenvalue weighted by Gasteiger charge is -2.25. The standard InChI is InChI=1S/C18H24N4OS/c1-18(2,3)15-14-10(9-13(23)20-16(14)22(4)21-15)17-19-11-7-5-6-8-12(11)24-17/h10H,5-9H2,1-4H3,(H,20,23)/t10-/m0/s1. The molecule has 6 heteroatoms. The zero-order valence-corrected chi connectivity index (χ0v) is 15.6. The molecule has 0 saturated heterocycles. The number of hydrogen-bond acceptors (Lipinski definition) is 4. The van der Waals surface area contributed by atoms with Gasteiger partial charge in [-0.25, -0.2) is 4.98 Å². The maximum absolute atomic E-state index is 12.3. The highest BCUT2D eigenvalue weighted by molar-refractivity contribution is 7.11.